The minimum Gasteiger partial charge on any atom is -0.345 e. The lowest BCUT2D eigenvalue weighted by Gasteiger charge is -2.36. The smallest absolute Gasteiger partial charge is 0.228 e. The predicted molar refractivity (Wildman–Crippen MR) is 53.9 cm³/mol. The second-order valence-electron chi connectivity index (χ2n) is 4.23. The highest BCUT2D eigenvalue weighted by Gasteiger charge is 2.39. The lowest BCUT2D eigenvalue weighted by atomic mass is 9.74. The van der Waals surface area contributed by atoms with E-state index >= 15 is 0 Å². The Kier molecular flexibility index (Phi) is 3.50. The molecule has 0 aromatic rings. The molecule has 1 amide bonds. The van der Waals surface area contributed by atoms with Crippen molar-refractivity contribution in [2.75, 3.05) is 6.54 Å². The summed E-state index contributed by atoms with van der Waals surface area (Å²) in [5, 5.41) is 2.62. The SMILES string of the molecule is C#CCNC(=O)C(C)(C)C(C)(C)N. The Labute approximate surface area is 80.1 Å². The number of amides is 1. The highest BCUT2D eigenvalue weighted by molar-refractivity contribution is 5.83. The van der Waals surface area contributed by atoms with Crippen LogP contribution in [-0.2, 0) is 4.79 Å². The van der Waals surface area contributed by atoms with Gasteiger partial charge in [-0.2, -0.15) is 0 Å². The van der Waals surface area contributed by atoms with Crippen LogP contribution in [0.1, 0.15) is 27.7 Å². The zero-order valence-corrected chi connectivity index (χ0v) is 8.77. The van der Waals surface area contributed by atoms with Crippen molar-refractivity contribution < 1.29 is 4.79 Å². The third-order valence-electron chi connectivity index (χ3n) is 2.53. The molecule has 0 unspecified atom stereocenters. The van der Waals surface area contributed by atoms with E-state index in [1.54, 1.807) is 13.8 Å². The van der Waals surface area contributed by atoms with E-state index < -0.39 is 11.0 Å². The van der Waals surface area contributed by atoms with Crippen molar-refractivity contribution in [3.8, 4) is 12.3 Å². The fraction of sp³-hybridized carbons (Fsp3) is 0.700. The minimum atomic E-state index is -0.621. The largest absolute Gasteiger partial charge is 0.345 e. The summed E-state index contributed by atoms with van der Waals surface area (Å²) in [6.07, 6.45) is 5.03. The van der Waals surface area contributed by atoms with E-state index in [1.807, 2.05) is 13.8 Å². The van der Waals surface area contributed by atoms with Gasteiger partial charge in [-0.25, -0.2) is 0 Å². The van der Waals surface area contributed by atoms with Crippen LogP contribution >= 0.6 is 0 Å². The Morgan fingerprint density at radius 1 is 1.46 bits per heavy atom. The van der Waals surface area contributed by atoms with Gasteiger partial charge in [0.15, 0.2) is 0 Å². The van der Waals surface area contributed by atoms with Gasteiger partial charge in [0, 0.05) is 5.54 Å². The molecule has 74 valence electrons. The molecule has 0 aromatic carbocycles. The summed E-state index contributed by atoms with van der Waals surface area (Å²) in [6.45, 7) is 7.50. The van der Waals surface area contributed by atoms with Crippen molar-refractivity contribution in [3.63, 3.8) is 0 Å². The fourth-order valence-electron chi connectivity index (χ4n) is 0.645. The zero-order valence-electron chi connectivity index (χ0n) is 8.77. The molecular weight excluding hydrogens is 164 g/mol. The zero-order chi connectivity index (χ0) is 10.7. The molecule has 3 heteroatoms. The summed E-state index contributed by atoms with van der Waals surface area (Å²) in [5.41, 5.74) is 4.69. The summed E-state index contributed by atoms with van der Waals surface area (Å²) < 4.78 is 0. The molecule has 0 rings (SSSR count). The van der Waals surface area contributed by atoms with Crippen LogP contribution in [0, 0.1) is 17.8 Å². The average molecular weight is 182 g/mol. The van der Waals surface area contributed by atoms with Crippen LogP contribution in [-0.4, -0.2) is 18.0 Å². The van der Waals surface area contributed by atoms with Crippen molar-refractivity contribution in [2.24, 2.45) is 11.1 Å². The van der Waals surface area contributed by atoms with Gasteiger partial charge in [0.25, 0.3) is 0 Å². The van der Waals surface area contributed by atoms with Crippen LogP contribution in [0.5, 0.6) is 0 Å². The van der Waals surface area contributed by atoms with Gasteiger partial charge in [-0.05, 0) is 27.7 Å². The third-order valence-corrected chi connectivity index (χ3v) is 2.53. The Bertz CT molecular complexity index is 230. The van der Waals surface area contributed by atoms with Gasteiger partial charge in [0.1, 0.15) is 0 Å². The predicted octanol–water partition coefficient (Wildman–Crippen LogP) is 0.499. The molecule has 0 saturated carbocycles. The molecule has 0 heterocycles. The van der Waals surface area contributed by atoms with Crippen LogP contribution < -0.4 is 11.1 Å². The Morgan fingerprint density at radius 3 is 2.23 bits per heavy atom. The van der Waals surface area contributed by atoms with Crippen LogP contribution in [0.15, 0.2) is 0 Å². The van der Waals surface area contributed by atoms with Gasteiger partial charge in [-0.1, -0.05) is 5.92 Å². The normalized spacial score (nSPS) is 12.0. The van der Waals surface area contributed by atoms with Crippen molar-refractivity contribution >= 4 is 5.91 Å². The number of nitrogens with one attached hydrogen (secondary N) is 1. The maximum atomic E-state index is 11.6. The summed E-state index contributed by atoms with van der Waals surface area (Å²) in [5.74, 6) is 2.24. The molecule has 0 saturated heterocycles. The van der Waals surface area contributed by atoms with Crippen LogP contribution in [0.3, 0.4) is 0 Å². The highest BCUT2D eigenvalue weighted by atomic mass is 16.2. The topological polar surface area (TPSA) is 55.1 Å². The number of carbonyl (C=O) groups excluding carboxylic acids is 1. The second-order valence-corrected chi connectivity index (χ2v) is 4.23. The fourth-order valence-corrected chi connectivity index (χ4v) is 0.645. The highest BCUT2D eigenvalue weighted by Crippen LogP contribution is 2.27. The molecule has 0 aliphatic carbocycles. The van der Waals surface area contributed by atoms with Gasteiger partial charge in [-0.15, -0.1) is 6.42 Å². The molecule has 0 spiro atoms. The molecule has 0 bridgehead atoms. The molecular formula is C10H18N2O. The standard InChI is InChI=1S/C10H18N2O/c1-6-7-12-8(13)9(2,3)10(4,5)11/h1H,7,11H2,2-5H3,(H,12,13). The second kappa shape index (κ2) is 3.80. The first-order valence-electron chi connectivity index (χ1n) is 4.24. The molecule has 0 aliphatic heterocycles. The maximum Gasteiger partial charge on any atom is 0.228 e. The molecule has 3 nitrogen and oxygen atoms in total. The van der Waals surface area contributed by atoms with Crippen molar-refractivity contribution in [2.45, 2.75) is 33.2 Å². The monoisotopic (exact) mass is 182 g/mol. The summed E-state index contributed by atoms with van der Waals surface area (Å²) in [6, 6.07) is 0. The number of terminal acetylenes is 1. The van der Waals surface area contributed by atoms with Gasteiger partial charge in [0.2, 0.25) is 5.91 Å². The van der Waals surface area contributed by atoms with E-state index in [-0.39, 0.29) is 12.5 Å². The Balaban J connectivity index is 4.48. The Hall–Kier alpha value is -1.01. The van der Waals surface area contributed by atoms with E-state index in [0.29, 0.717) is 0 Å². The van der Waals surface area contributed by atoms with Crippen LogP contribution in [0.25, 0.3) is 0 Å². The molecule has 0 radical (unpaired) electrons. The van der Waals surface area contributed by atoms with E-state index in [9.17, 15) is 4.79 Å². The Morgan fingerprint density at radius 2 is 1.92 bits per heavy atom. The number of hydrogen-bond acceptors (Lipinski definition) is 2. The minimum absolute atomic E-state index is 0.113. The quantitative estimate of drug-likeness (QED) is 0.624. The molecule has 0 fully saturated rings. The average Bonchev–Trinajstić information content (AvgIpc) is 1.97. The molecule has 0 aliphatic rings. The number of rotatable bonds is 3. The van der Waals surface area contributed by atoms with Gasteiger partial charge in [-0.3, -0.25) is 4.79 Å². The maximum absolute atomic E-state index is 11.6. The molecule has 3 N–H and O–H groups in total. The molecule has 13 heavy (non-hydrogen) atoms. The van der Waals surface area contributed by atoms with Crippen LogP contribution in [0.2, 0.25) is 0 Å². The van der Waals surface area contributed by atoms with Gasteiger partial charge >= 0.3 is 0 Å². The van der Waals surface area contributed by atoms with Gasteiger partial charge < -0.3 is 11.1 Å². The summed E-state index contributed by atoms with van der Waals surface area (Å²) >= 11 is 0. The van der Waals surface area contributed by atoms with E-state index in [2.05, 4.69) is 11.2 Å². The van der Waals surface area contributed by atoms with Crippen molar-refractivity contribution in [1.29, 1.82) is 0 Å². The lowest BCUT2D eigenvalue weighted by Crippen LogP contribution is -2.55. The third kappa shape index (κ3) is 2.74. The first-order valence-corrected chi connectivity index (χ1v) is 4.24. The first-order chi connectivity index (χ1) is 5.73. The number of nitrogens with two attached hydrogens (primary N) is 1. The number of hydrogen-bond donors (Lipinski definition) is 2. The summed E-state index contributed by atoms with van der Waals surface area (Å²) in [7, 11) is 0. The number of carbonyl (C=O) groups is 1. The summed E-state index contributed by atoms with van der Waals surface area (Å²) in [4.78, 5) is 11.6. The van der Waals surface area contributed by atoms with E-state index in [4.69, 9.17) is 12.2 Å². The van der Waals surface area contributed by atoms with E-state index in [1.165, 1.54) is 0 Å². The van der Waals surface area contributed by atoms with Gasteiger partial charge in [0.05, 0.1) is 12.0 Å². The molecule has 0 atom stereocenters. The molecule has 0 aromatic heterocycles. The first kappa shape index (κ1) is 12.0. The van der Waals surface area contributed by atoms with Crippen molar-refractivity contribution in [3.05, 3.63) is 0 Å². The van der Waals surface area contributed by atoms with Crippen LogP contribution in [0.4, 0.5) is 0 Å². The lowest BCUT2D eigenvalue weighted by molar-refractivity contribution is -0.131. The van der Waals surface area contributed by atoms with E-state index in [0.717, 1.165) is 0 Å². The van der Waals surface area contributed by atoms with Crippen molar-refractivity contribution in [1.82, 2.24) is 5.32 Å².